The van der Waals surface area contributed by atoms with Crippen LogP contribution in [0.2, 0.25) is 0 Å². The third-order valence-corrected chi connectivity index (χ3v) is 2.41. The van der Waals surface area contributed by atoms with Crippen molar-refractivity contribution >= 4 is 20.2 Å². The Kier molecular flexibility index (Phi) is 31.1. The van der Waals surface area contributed by atoms with Gasteiger partial charge >= 0.3 is 33.3 Å². The van der Waals surface area contributed by atoms with Crippen LogP contribution in [-0.4, -0.2) is 58.3 Å². The minimum absolute atomic E-state index is 0. The molecule has 0 aliphatic rings. The molecule has 0 atom stereocenters. The Labute approximate surface area is 168 Å². The van der Waals surface area contributed by atoms with E-state index in [0.717, 1.165) is 50.7 Å². The number of nitrogens with zero attached hydrogens (tertiary/aromatic N) is 5. The maximum atomic E-state index is 4.76. The van der Waals surface area contributed by atoms with Crippen molar-refractivity contribution in [1.82, 2.24) is 4.98 Å². The van der Waals surface area contributed by atoms with Gasteiger partial charge in [-0.25, -0.2) is 0 Å². The molecule has 0 saturated carbocycles. The SMILES string of the molecule is C[N-]CC[N-]CC[N-]CC[N-]C.Cc1cccc(C)n1.[Cl-].[Cl][Fe][Cl]. The first-order valence-corrected chi connectivity index (χ1v) is 10.3. The maximum absolute atomic E-state index is 4.76. The van der Waals surface area contributed by atoms with Gasteiger partial charge in [0.05, 0.1) is 0 Å². The van der Waals surface area contributed by atoms with Crippen molar-refractivity contribution in [3.63, 3.8) is 0 Å². The molecule has 24 heavy (non-hydrogen) atoms. The fourth-order valence-electron chi connectivity index (χ4n) is 1.39. The van der Waals surface area contributed by atoms with Crippen molar-refractivity contribution in [1.29, 1.82) is 0 Å². The molecule has 0 aliphatic heterocycles. The summed E-state index contributed by atoms with van der Waals surface area (Å²) in [4.78, 5) is 4.17. The monoisotopic (exact) mass is 438 g/mol. The van der Waals surface area contributed by atoms with Crippen LogP contribution in [0, 0.1) is 13.8 Å². The number of rotatable bonds is 9. The first-order valence-electron chi connectivity index (χ1n) is 7.25. The molecule has 0 bridgehead atoms. The molecular weight excluding hydrogens is 412 g/mol. The van der Waals surface area contributed by atoms with Gasteiger partial charge in [0.15, 0.2) is 0 Å². The molecule has 0 aromatic carbocycles. The van der Waals surface area contributed by atoms with E-state index < -0.39 is 0 Å². The topological polar surface area (TPSA) is 69.3 Å². The third-order valence-electron chi connectivity index (χ3n) is 2.41. The Bertz CT molecular complexity index is 321. The Balaban J connectivity index is -0.000000317. The number of pyridine rings is 1. The van der Waals surface area contributed by atoms with E-state index in [9.17, 15) is 0 Å². The van der Waals surface area contributed by atoms with Gasteiger partial charge in [-0.1, -0.05) is 6.07 Å². The van der Waals surface area contributed by atoms with Gasteiger partial charge in [-0.15, -0.1) is 0 Å². The molecule has 0 radical (unpaired) electrons. The summed E-state index contributed by atoms with van der Waals surface area (Å²) in [7, 11) is 13.1. The van der Waals surface area contributed by atoms with Gasteiger partial charge in [0.25, 0.3) is 0 Å². The number of likely N-dealkylation sites (N-methyl/N-ethyl adjacent to an activating group) is 2. The van der Waals surface area contributed by atoms with E-state index in [0.29, 0.717) is 0 Å². The average molecular weight is 440 g/mol. The number of halogens is 3. The number of hydrogen-bond donors (Lipinski definition) is 0. The van der Waals surface area contributed by atoms with Crippen LogP contribution in [0.1, 0.15) is 11.4 Å². The van der Waals surface area contributed by atoms with Crippen LogP contribution in [-0.2, 0) is 13.1 Å². The van der Waals surface area contributed by atoms with Crippen molar-refractivity contribution < 1.29 is 25.5 Å². The summed E-state index contributed by atoms with van der Waals surface area (Å²) in [5, 5.41) is 16.4. The first kappa shape index (κ1) is 29.2. The molecule has 0 spiro atoms. The summed E-state index contributed by atoms with van der Waals surface area (Å²) >= 11 is 0.194. The summed E-state index contributed by atoms with van der Waals surface area (Å²) in [5.41, 5.74) is 2.18. The van der Waals surface area contributed by atoms with Gasteiger partial charge in [0.1, 0.15) is 0 Å². The van der Waals surface area contributed by atoms with Crippen LogP contribution in [0.5, 0.6) is 0 Å². The Morgan fingerprint density at radius 2 is 1.17 bits per heavy atom. The van der Waals surface area contributed by atoms with E-state index in [1.165, 1.54) is 0 Å². The molecule has 5 nitrogen and oxygen atoms in total. The molecule has 1 aromatic heterocycles. The Morgan fingerprint density at radius 3 is 1.42 bits per heavy atom. The van der Waals surface area contributed by atoms with E-state index >= 15 is 0 Å². The van der Waals surface area contributed by atoms with Crippen molar-refractivity contribution in [2.45, 2.75) is 13.8 Å². The van der Waals surface area contributed by atoms with Crippen molar-refractivity contribution in [2.24, 2.45) is 0 Å². The number of hydrogen-bond acceptors (Lipinski definition) is 1. The second-order valence-corrected chi connectivity index (χ2v) is 6.22. The number of aromatic nitrogens is 1. The van der Waals surface area contributed by atoms with E-state index in [1.54, 1.807) is 0 Å². The number of aryl methyl sites for hydroxylation is 2. The van der Waals surface area contributed by atoms with Gasteiger partial charge in [-0.3, -0.25) is 4.98 Å². The van der Waals surface area contributed by atoms with Crippen LogP contribution < -0.4 is 12.4 Å². The summed E-state index contributed by atoms with van der Waals surface area (Å²) in [6, 6.07) is 6.00. The summed E-state index contributed by atoms with van der Waals surface area (Å²) < 4.78 is 0. The van der Waals surface area contributed by atoms with Crippen LogP contribution in [0.3, 0.4) is 0 Å². The third kappa shape index (κ3) is 27.2. The predicted octanol–water partition coefficient (Wildman–Crippen LogP) is 1.82. The molecule has 146 valence electrons. The van der Waals surface area contributed by atoms with Crippen LogP contribution in [0.4, 0.5) is 0 Å². The first-order chi connectivity index (χ1) is 11.1. The summed E-state index contributed by atoms with van der Waals surface area (Å²) in [6.07, 6.45) is 0. The van der Waals surface area contributed by atoms with Crippen LogP contribution in [0.25, 0.3) is 21.3 Å². The van der Waals surface area contributed by atoms with E-state index in [4.69, 9.17) is 20.2 Å². The molecule has 1 heterocycles. The van der Waals surface area contributed by atoms with Gasteiger partial charge in [0, 0.05) is 11.4 Å². The second-order valence-electron chi connectivity index (χ2n) is 4.39. The fraction of sp³-hybridized carbons (Fsp3) is 0.667. The molecule has 0 aliphatic carbocycles. The Hall–Kier alpha value is 0.379. The average Bonchev–Trinajstić information content (AvgIpc) is 2.51. The molecule has 9 heteroatoms. The normalized spacial score (nSPS) is 9.25. The second kappa shape index (κ2) is 25.6. The zero-order chi connectivity index (χ0) is 17.8. The van der Waals surface area contributed by atoms with E-state index in [2.05, 4.69) is 26.3 Å². The molecule has 0 unspecified atom stereocenters. The van der Waals surface area contributed by atoms with Crippen molar-refractivity contribution in [3.05, 3.63) is 50.9 Å². The predicted molar refractivity (Wildman–Crippen MR) is 99.9 cm³/mol. The van der Waals surface area contributed by atoms with Crippen LogP contribution >= 0.6 is 20.2 Å². The quantitative estimate of drug-likeness (QED) is 0.427. The van der Waals surface area contributed by atoms with Gasteiger partial charge < -0.3 is 33.7 Å². The molecule has 0 saturated heterocycles. The van der Waals surface area contributed by atoms with Gasteiger partial charge in [0.2, 0.25) is 0 Å². The molecule has 0 fully saturated rings. The zero-order valence-electron chi connectivity index (χ0n) is 14.7. The zero-order valence-corrected chi connectivity index (χ0v) is 18.1. The summed E-state index contributed by atoms with van der Waals surface area (Å²) in [5.74, 6) is 0. The summed E-state index contributed by atoms with van der Waals surface area (Å²) in [6.45, 7) is 9.00. The molecule has 0 amide bonds. The minimum atomic E-state index is 0. The molecular formula is C15H27Cl3FeN5-5. The molecule has 1 rings (SSSR count). The Morgan fingerprint density at radius 1 is 0.833 bits per heavy atom. The van der Waals surface area contributed by atoms with Crippen molar-refractivity contribution in [2.75, 3.05) is 53.4 Å². The molecule has 0 N–H and O–H groups in total. The fourth-order valence-corrected chi connectivity index (χ4v) is 1.39. The van der Waals surface area contributed by atoms with E-state index in [1.807, 2.05) is 46.1 Å². The molecule has 1 aromatic rings. The van der Waals surface area contributed by atoms with Gasteiger partial charge in [-0.2, -0.15) is 53.4 Å². The van der Waals surface area contributed by atoms with E-state index in [-0.39, 0.29) is 25.5 Å². The van der Waals surface area contributed by atoms with Crippen LogP contribution in [0.15, 0.2) is 18.2 Å². The van der Waals surface area contributed by atoms with Gasteiger partial charge in [-0.05, 0) is 26.0 Å². The van der Waals surface area contributed by atoms with Crippen molar-refractivity contribution in [3.8, 4) is 0 Å². The standard InChI is InChI=1S/C8H18N4.C7H9N.3ClH.Fe/c1-9-3-5-11-7-8-12-6-4-10-2;1-6-4-3-5-7(2)8-6;;;;/h3-8H2,1-2H3;3-5H,1-2H3;3*1H;/q-4;;;;;+2/p-3.